The lowest BCUT2D eigenvalue weighted by molar-refractivity contribution is -0.274. The molecule has 0 aliphatic carbocycles. The Labute approximate surface area is 185 Å². The maximum atomic E-state index is 14.3. The first-order valence-electron chi connectivity index (χ1n) is 9.89. The van der Waals surface area contributed by atoms with Crippen molar-refractivity contribution in [3.05, 3.63) is 89.5 Å². The average Bonchev–Trinajstić information content (AvgIpc) is 3.19. The molecule has 0 spiro atoms. The number of carbonyl (C=O) groups excluding carboxylic acids is 1. The minimum absolute atomic E-state index is 0.0626. The van der Waals surface area contributed by atoms with E-state index in [0.29, 0.717) is 11.1 Å². The van der Waals surface area contributed by atoms with Gasteiger partial charge in [0.25, 0.3) is 0 Å². The smallest absolute Gasteiger partial charge is 0.406 e. The molecule has 1 amide bonds. The molecule has 0 aromatic heterocycles. The summed E-state index contributed by atoms with van der Waals surface area (Å²) in [4.78, 5) is 17.8. The van der Waals surface area contributed by atoms with E-state index in [1.54, 1.807) is 24.3 Å². The van der Waals surface area contributed by atoms with Crippen molar-refractivity contribution < 1.29 is 31.5 Å². The van der Waals surface area contributed by atoms with Crippen LogP contribution in [0.5, 0.6) is 5.75 Å². The lowest BCUT2D eigenvalue weighted by Gasteiger charge is -2.18. The molecule has 0 saturated heterocycles. The van der Waals surface area contributed by atoms with Crippen LogP contribution < -0.4 is 4.74 Å². The predicted molar refractivity (Wildman–Crippen MR) is 112 cm³/mol. The molecule has 4 rings (SSSR count). The number of hydrogen-bond acceptors (Lipinski definition) is 3. The first-order valence-corrected chi connectivity index (χ1v) is 9.89. The van der Waals surface area contributed by atoms with Crippen molar-refractivity contribution in [1.29, 1.82) is 0 Å². The molecule has 1 aliphatic rings. The van der Waals surface area contributed by atoms with E-state index in [1.165, 1.54) is 42.2 Å². The molecule has 33 heavy (non-hydrogen) atoms. The molecule has 9 heteroatoms. The number of alkyl halides is 3. The van der Waals surface area contributed by atoms with Crippen LogP contribution in [0.15, 0.2) is 71.7 Å². The average molecular weight is 460 g/mol. The molecule has 0 radical (unpaired) electrons. The SMILES string of the molecule is CC(=O)N1CC(c2ccc(-c3ccc(OC(F)(F)F)cc3)cc2)N=C1c1c(F)cccc1F. The van der Waals surface area contributed by atoms with E-state index < -0.39 is 29.9 Å². The topological polar surface area (TPSA) is 41.9 Å². The van der Waals surface area contributed by atoms with Crippen LogP contribution in [0.4, 0.5) is 22.0 Å². The number of rotatable bonds is 4. The number of amides is 1. The van der Waals surface area contributed by atoms with Gasteiger partial charge in [0.1, 0.15) is 23.2 Å². The fourth-order valence-corrected chi connectivity index (χ4v) is 3.63. The third-order valence-corrected chi connectivity index (χ3v) is 5.17. The summed E-state index contributed by atoms with van der Waals surface area (Å²) in [6.07, 6.45) is -4.76. The minimum atomic E-state index is -4.76. The fourth-order valence-electron chi connectivity index (χ4n) is 3.63. The number of nitrogens with zero attached hydrogens (tertiary/aromatic N) is 2. The fraction of sp³-hybridized carbons (Fsp3) is 0.167. The zero-order valence-electron chi connectivity index (χ0n) is 17.2. The number of ether oxygens (including phenoxy) is 1. The molecule has 1 aliphatic heterocycles. The van der Waals surface area contributed by atoms with Gasteiger partial charge >= 0.3 is 6.36 Å². The standard InChI is InChI=1S/C24H17F5N2O2/c1-14(32)31-13-21(30-23(31)22-19(25)3-2-4-20(22)26)17-7-5-15(6-8-17)16-9-11-18(12-10-16)33-24(27,28)29/h2-12,21H,13H2,1H3. The lowest BCUT2D eigenvalue weighted by Crippen LogP contribution is -2.34. The second-order valence-electron chi connectivity index (χ2n) is 7.39. The van der Waals surface area contributed by atoms with Gasteiger partial charge in [-0.3, -0.25) is 14.7 Å². The van der Waals surface area contributed by atoms with E-state index in [1.807, 2.05) is 0 Å². The van der Waals surface area contributed by atoms with Crippen LogP contribution in [0, 0.1) is 11.6 Å². The summed E-state index contributed by atoms with van der Waals surface area (Å²) in [6.45, 7) is 1.42. The summed E-state index contributed by atoms with van der Waals surface area (Å²) in [5.41, 5.74) is 1.77. The maximum absolute atomic E-state index is 14.3. The summed E-state index contributed by atoms with van der Waals surface area (Å²) in [5.74, 6) is -2.40. The summed E-state index contributed by atoms with van der Waals surface area (Å²) < 4.78 is 69.4. The Bertz CT molecular complexity index is 1180. The molecule has 0 fully saturated rings. The van der Waals surface area contributed by atoms with Crippen LogP contribution in [0.2, 0.25) is 0 Å². The van der Waals surface area contributed by atoms with Crippen LogP contribution in [0.25, 0.3) is 11.1 Å². The van der Waals surface area contributed by atoms with Gasteiger partial charge in [-0.1, -0.05) is 42.5 Å². The summed E-state index contributed by atoms with van der Waals surface area (Å²) in [5, 5.41) is 0. The predicted octanol–water partition coefficient (Wildman–Crippen LogP) is 5.88. The third kappa shape index (κ3) is 4.87. The van der Waals surface area contributed by atoms with Crippen LogP contribution >= 0.6 is 0 Å². The molecule has 3 aromatic carbocycles. The molecule has 0 N–H and O–H groups in total. The highest BCUT2D eigenvalue weighted by Gasteiger charge is 2.33. The Morgan fingerprint density at radius 2 is 1.48 bits per heavy atom. The largest absolute Gasteiger partial charge is 0.573 e. The van der Waals surface area contributed by atoms with Crippen molar-refractivity contribution >= 4 is 11.7 Å². The number of hydrogen-bond donors (Lipinski definition) is 0. The van der Waals surface area contributed by atoms with Gasteiger partial charge in [-0.25, -0.2) is 8.78 Å². The molecular formula is C24H17F5N2O2. The van der Waals surface area contributed by atoms with Gasteiger partial charge in [0.15, 0.2) is 0 Å². The Hall–Kier alpha value is -3.75. The van der Waals surface area contributed by atoms with E-state index in [2.05, 4.69) is 9.73 Å². The second-order valence-corrected chi connectivity index (χ2v) is 7.39. The first kappa shape index (κ1) is 22.4. The number of amidine groups is 1. The first-order chi connectivity index (χ1) is 15.6. The van der Waals surface area contributed by atoms with Gasteiger partial charge in [0.05, 0.1) is 18.2 Å². The highest BCUT2D eigenvalue weighted by molar-refractivity contribution is 6.09. The number of aliphatic imine (C=N–C) groups is 1. The molecular weight excluding hydrogens is 443 g/mol. The van der Waals surface area contributed by atoms with Gasteiger partial charge in [-0.15, -0.1) is 13.2 Å². The van der Waals surface area contributed by atoms with E-state index >= 15 is 0 Å². The normalized spacial score (nSPS) is 16.0. The zero-order chi connectivity index (χ0) is 23.8. The number of benzene rings is 3. The Balaban J connectivity index is 1.59. The molecule has 0 bridgehead atoms. The minimum Gasteiger partial charge on any atom is -0.406 e. The van der Waals surface area contributed by atoms with Crippen LogP contribution in [0.1, 0.15) is 24.1 Å². The lowest BCUT2D eigenvalue weighted by atomic mass is 10.0. The molecule has 4 nitrogen and oxygen atoms in total. The van der Waals surface area contributed by atoms with Crippen molar-refractivity contribution in [1.82, 2.24) is 4.90 Å². The van der Waals surface area contributed by atoms with Crippen LogP contribution in [0.3, 0.4) is 0 Å². The third-order valence-electron chi connectivity index (χ3n) is 5.17. The Morgan fingerprint density at radius 3 is 2.00 bits per heavy atom. The van der Waals surface area contributed by atoms with Gasteiger partial charge in [0, 0.05) is 6.92 Å². The zero-order valence-corrected chi connectivity index (χ0v) is 17.2. The summed E-state index contributed by atoms with van der Waals surface area (Å²) >= 11 is 0. The second kappa shape index (κ2) is 8.65. The van der Waals surface area contributed by atoms with Gasteiger partial charge < -0.3 is 4.74 Å². The highest BCUT2D eigenvalue weighted by atomic mass is 19.4. The molecule has 3 aromatic rings. The van der Waals surface area contributed by atoms with Crippen molar-refractivity contribution in [2.45, 2.75) is 19.3 Å². The van der Waals surface area contributed by atoms with Crippen molar-refractivity contribution in [2.75, 3.05) is 6.54 Å². The summed E-state index contributed by atoms with van der Waals surface area (Å²) in [7, 11) is 0. The molecule has 1 heterocycles. The van der Waals surface area contributed by atoms with Crippen LogP contribution in [-0.4, -0.2) is 29.5 Å². The van der Waals surface area contributed by atoms with E-state index in [4.69, 9.17) is 0 Å². The van der Waals surface area contributed by atoms with Gasteiger partial charge in [-0.05, 0) is 41.0 Å². The van der Waals surface area contributed by atoms with Crippen LogP contribution in [-0.2, 0) is 4.79 Å². The van der Waals surface area contributed by atoms with Crippen molar-refractivity contribution in [2.24, 2.45) is 4.99 Å². The monoisotopic (exact) mass is 460 g/mol. The summed E-state index contributed by atoms with van der Waals surface area (Å²) in [6, 6.07) is 15.4. The molecule has 0 saturated carbocycles. The Morgan fingerprint density at radius 1 is 0.939 bits per heavy atom. The van der Waals surface area contributed by atoms with Crippen molar-refractivity contribution in [3.8, 4) is 16.9 Å². The van der Waals surface area contributed by atoms with Gasteiger partial charge in [-0.2, -0.15) is 0 Å². The van der Waals surface area contributed by atoms with E-state index in [0.717, 1.165) is 17.7 Å². The number of carbonyl (C=O) groups is 1. The van der Waals surface area contributed by atoms with Gasteiger partial charge in [0.2, 0.25) is 5.91 Å². The highest BCUT2D eigenvalue weighted by Crippen LogP contribution is 2.31. The van der Waals surface area contributed by atoms with E-state index in [-0.39, 0.29) is 23.7 Å². The number of halogens is 5. The molecule has 170 valence electrons. The molecule has 1 atom stereocenters. The van der Waals surface area contributed by atoms with Crippen molar-refractivity contribution in [3.63, 3.8) is 0 Å². The van der Waals surface area contributed by atoms with E-state index in [9.17, 15) is 26.7 Å². The maximum Gasteiger partial charge on any atom is 0.573 e. The molecule has 1 unspecified atom stereocenters. The Kier molecular flexibility index (Phi) is 5.88. The quantitative estimate of drug-likeness (QED) is 0.457.